The maximum atomic E-state index is 9.25. The molecule has 0 amide bonds. The van der Waals surface area contributed by atoms with Gasteiger partial charge in [-0.3, -0.25) is 0 Å². The molecule has 0 aromatic heterocycles. The summed E-state index contributed by atoms with van der Waals surface area (Å²) in [5.74, 6) is 0.612. The summed E-state index contributed by atoms with van der Waals surface area (Å²) in [6.45, 7) is 6.59. The predicted octanol–water partition coefficient (Wildman–Crippen LogP) is 3.97. The standard InChI is InChI=1S/C12H17ClOS/c1-8(2)9(3)15-12-6-4-5-11(13)10(12)7-14/h4-6,8-9,14H,7H2,1-3H3. The molecule has 0 aliphatic carbocycles. The van der Waals surface area contributed by atoms with Crippen LogP contribution in [0.3, 0.4) is 0 Å². The van der Waals surface area contributed by atoms with E-state index in [1.165, 1.54) is 0 Å². The van der Waals surface area contributed by atoms with E-state index in [2.05, 4.69) is 20.8 Å². The number of rotatable bonds is 4. The molecule has 3 heteroatoms. The fraction of sp³-hybridized carbons (Fsp3) is 0.500. The number of aliphatic hydroxyl groups is 1. The largest absolute Gasteiger partial charge is 0.392 e. The first-order chi connectivity index (χ1) is 7.06. The molecule has 0 saturated heterocycles. The van der Waals surface area contributed by atoms with E-state index in [1.807, 2.05) is 18.2 Å². The van der Waals surface area contributed by atoms with Crippen LogP contribution < -0.4 is 0 Å². The molecule has 15 heavy (non-hydrogen) atoms. The van der Waals surface area contributed by atoms with Crippen LogP contribution in [0.4, 0.5) is 0 Å². The molecule has 1 atom stereocenters. The minimum absolute atomic E-state index is 0.00677. The zero-order valence-corrected chi connectivity index (χ0v) is 10.9. The Bertz CT molecular complexity index is 325. The third-order valence-corrected chi connectivity index (χ3v) is 4.39. The van der Waals surface area contributed by atoms with E-state index in [4.69, 9.17) is 11.6 Å². The number of hydrogen-bond acceptors (Lipinski definition) is 2. The summed E-state index contributed by atoms with van der Waals surface area (Å²) in [4.78, 5) is 1.09. The lowest BCUT2D eigenvalue weighted by molar-refractivity contribution is 0.279. The number of benzene rings is 1. The van der Waals surface area contributed by atoms with Crippen molar-refractivity contribution in [2.75, 3.05) is 0 Å². The molecule has 0 radical (unpaired) electrons. The van der Waals surface area contributed by atoms with E-state index in [-0.39, 0.29) is 6.61 Å². The second-order valence-corrected chi connectivity index (χ2v) is 5.77. The molecular weight excluding hydrogens is 228 g/mol. The van der Waals surface area contributed by atoms with E-state index in [1.54, 1.807) is 11.8 Å². The summed E-state index contributed by atoms with van der Waals surface area (Å²) in [6, 6.07) is 5.76. The fourth-order valence-corrected chi connectivity index (χ4v) is 2.58. The van der Waals surface area contributed by atoms with Crippen molar-refractivity contribution >= 4 is 23.4 Å². The van der Waals surface area contributed by atoms with Crippen LogP contribution in [0.5, 0.6) is 0 Å². The van der Waals surface area contributed by atoms with E-state index in [0.29, 0.717) is 16.2 Å². The number of aliphatic hydroxyl groups excluding tert-OH is 1. The van der Waals surface area contributed by atoms with Crippen LogP contribution in [0.15, 0.2) is 23.1 Å². The molecule has 1 rings (SSSR count). The molecule has 1 aromatic rings. The lowest BCUT2D eigenvalue weighted by Gasteiger charge is -2.17. The molecule has 0 fully saturated rings. The fourth-order valence-electron chi connectivity index (χ4n) is 1.14. The Morgan fingerprint density at radius 3 is 2.53 bits per heavy atom. The van der Waals surface area contributed by atoms with Gasteiger partial charge in [0.15, 0.2) is 0 Å². The molecule has 0 aliphatic rings. The molecule has 0 saturated carbocycles. The maximum Gasteiger partial charge on any atom is 0.0707 e. The van der Waals surface area contributed by atoms with Crippen molar-refractivity contribution in [3.05, 3.63) is 28.8 Å². The van der Waals surface area contributed by atoms with Crippen molar-refractivity contribution in [2.24, 2.45) is 5.92 Å². The van der Waals surface area contributed by atoms with Crippen LogP contribution in [-0.4, -0.2) is 10.4 Å². The Balaban J connectivity index is 2.89. The van der Waals surface area contributed by atoms with Crippen molar-refractivity contribution in [3.63, 3.8) is 0 Å². The summed E-state index contributed by atoms with van der Waals surface area (Å²) in [5.41, 5.74) is 0.844. The van der Waals surface area contributed by atoms with Crippen LogP contribution in [-0.2, 0) is 6.61 Å². The minimum atomic E-state index is 0.00677. The monoisotopic (exact) mass is 244 g/mol. The average Bonchev–Trinajstić information content (AvgIpc) is 2.18. The van der Waals surface area contributed by atoms with Crippen molar-refractivity contribution < 1.29 is 5.11 Å². The van der Waals surface area contributed by atoms with Gasteiger partial charge in [0.2, 0.25) is 0 Å². The molecule has 0 heterocycles. The molecule has 1 nitrogen and oxygen atoms in total. The van der Waals surface area contributed by atoms with Gasteiger partial charge in [0.1, 0.15) is 0 Å². The lowest BCUT2D eigenvalue weighted by atomic mass is 10.2. The first-order valence-corrected chi connectivity index (χ1v) is 6.37. The molecule has 0 bridgehead atoms. The lowest BCUT2D eigenvalue weighted by Crippen LogP contribution is -2.06. The van der Waals surface area contributed by atoms with Crippen molar-refractivity contribution in [3.8, 4) is 0 Å². The van der Waals surface area contributed by atoms with Crippen LogP contribution in [0.2, 0.25) is 5.02 Å². The van der Waals surface area contributed by atoms with Crippen LogP contribution in [0.25, 0.3) is 0 Å². The zero-order chi connectivity index (χ0) is 11.4. The van der Waals surface area contributed by atoms with Gasteiger partial charge < -0.3 is 5.11 Å². The summed E-state index contributed by atoms with van der Waals surface area (Å²) in [6.07, 6.45) is 0. The highest BCUT2D eigenvalue weighted by molar-refractivity contribution is 8.00. The van der Waals surface area contributed by atoms with Gasteiger partial charge in [-0.05, 0) is 18.1 Å². The highest BCUT2D eigenvalue weighted by Gasteiger charge is 2.12. The molecule has 1 N–H and O–H groups in total. The minimum Gasteiger partial charge on any atom is -0.392 e. The van der Waals surface area contributed by atoms with E-state index in [9.17, 15) is 5.11 Å². The second kappa shape index (κ2) is 5.78. The smallest absolute Gasteiger partial charge is 0.0707 e. The molecule has 0 aliphatic heterocycles. The van der Waals surface area contributed by atoms with Crippen molar-refractivity contribution in [1.82, 2.24) is 0 Å². The Kier molecular flexibility index (Phi) is 4.97. The molecular formula is C12H17ClOS. The predicted molar refractivity (Wildman–Crippen MR) is 67.5 cm³/mol. The van der Waals surface area contributed by atoms with Crippen LogP contribution in [0, 0.1) is 5.92 Å². The second-order valence-electron chi connectivity index (χ2n) is 3.94. The van der Waals surface area contributed by atoms with Gasteiger partial charge in [0.05, 0.1) is 6.61 Å². The van der Waals surface area contributed by atoms with Crippen molar-refractivity contribution in [2.45, 2.75) is 37.5 Å². The highest BCUT2D eigenvalue weighted by Crippen LogP contribution is 2.33. The Morgan fingerprint density at radius 1 is 1.33 bits per heavy atom. The molecule has 1 unspecified atom stereocenters. The summed E-state index contributed by atoms with van der Waals surface area (Å²) < 4.78 is 0. The molecule has 84 valence electrons. The van der Waals surface area contributed by atoms with Crippen molar-refractivity contribution in [1.29, 1.82) is 0 Å². The van der Waals surface area contributed by atoms with Crippen LogP contribution in [0.1, 0.15) is 26.3 Å². The Hall–Kier alpha value is -0.180. The van der Waals surface area contributed by atoms with Gasteiger partial charge in [-0.2, -0.15) is 0 Å². The first-order valence-electron chi connectivity index (χ1n) is 5.11. The van der Waals surface area contributed by atoms with Gasteiger partial charge in [-0.15, -0.1) is 11.8 Å². The first kappa shape index (κ1) is 12.9. The van der Waals surface area contributed by atoms with Gasteiger partial charge >= 0.3 is 0 Å². The van der Waals surface area contributed by atoms with Gasteiger partial charge in [0, 0.05) is 20.7 Å². The highest BCUT2D eigenvalue weighted by atomic mass is 35.5. The Labute approximate surface area is 101 Å². The number of hydrogen-bond donors (Lipinski definition) is 1. The average molecular weight is 245 g/mol. The number of thioether (sulfide) groups is 1. The topological polar surface area (TPSA) is 20.2 Å². The van der Waals surface area contributed by atoms with Crippen LogP contribution >= 0.6 is 23.4 Å². The van der Waals surface area contributed by atoms with E-state index >= 15 is 0 Å². The SMILES string of the molecule is CC(C)C(C)Sc1cccc(Cl)c1CO. The zero-order valence-electron chi connectivity index (χ0n) is 9.33. The van der Waals surface area contributed by atoms with Gasteiger partial charge in [0.25, 0.3) is 0 Å². The van der Waals surface area contributed by atoms with Gasteiger partial charge in [-0.1, -0.05) is 38.4 Å². The summed E-state index contributed by atoms with van der Waals surface area (Å²) >= 11 is 7.79. The Morgan fingerprint density at radius 2 is 2.00 bits per heavy atom. The maximum absolute atomic E-state index is 9.25. The normalized spacial score (nSPS) is 13.2. The quantitative estimate of drug-likeness (QED) is 0.809. The van der Waals surface area contributed by atoms with E-state index < -0.39 is 0 Å². The summed E-state index contributed by atoms with van der Waals surface area (Å²) in [5, 5.41) is 10.4. The van der Waals surface area contributed by atoms with E-state index in [0.717, 1.165) is 10.5 Å². The third kappa shape index (κ3) is 3.40. The molecule has 0 spiro atoms. The summed E-state index contributed by atoms with van der Waals surface area (Å²) in [7, 11) is 0. The third-order valence-electron chi connectivity index (χ3n) is 2.49. The number of halogens is 1. The van der Waals surface area contributed by atoms with Gasteiger partial charge in [-0.25, -0.2) is 0 Å². The molecule has 1 aromatic carbocycles.